The minimum absolute atomic E-state index is 1.01. The summed E-state index contributed by atoms with van der Waals surface area (Å²) in [7, 11) is 0. The maximum absolute atomic E-state index is 5.83. The van der Waals surface area contributed by atoms with Gasteiger partial charge in [0.15, 0.2) is 0 Å². The molecule has 0 saturated carbocycles. The van der Waals surface area contributed by atoms with Gasteiger partial charge < -0.3 is 4.42 Å². The molecule has 0 radical (unpaired) electrons. The highest BCUT2D eigenvalue weighted by molar-refractivity contribution is 5.61. The van der Waals surface area contributed by atoms with Gasteiger partial charge in [0.1, 0.15) is 11.5 Å². The van der Waals surface area contributed by atoms with Crippen LogP contribution < -0.4 is 0 Å². The minimum Gasteiger partial charge on any atom is -0.461 e. The van der Waals surface area contributed by atoms with E-state index < -0.39 is 0 Å². The molecule has 17 heavy (non-hydrogen) atoms. The van der Waals surface area contributed by atoms with Crippen molar-refractivity contribution in [3.05, 3.63) is 47.7 Å². The van der Waals surface area contributed by atoms with Gasteiger partial charge in [0.2, 0.25) is 0 Å². The van der Waals surface area contributed by atoms with Gasteiger partial charge in [0.25, 0.3) is 0 Å². The van der Waals surface area contributed by atoms with Gasteiger partial charge in [-0.2, -0.15) is 0 Å². The van der Waals surface area contributed by atoms with Gasteiger partial charge in [-0.25, -0.2) is 0 Å². The summed E-state index contributed by atoms with van der Waals surface area (Å²) in [5.74, 6) is 2.06. The molecule has 1 heteroatoms. The van der Waals surface area contributed by atoms with Crippen LogP contribution in [0.1, 0.15) is 37.5 Å². The van der Waals surface area contributed by atoms with Crippen LogP contribution in [0, 0.1) is 6.92 Å². The highest BCUT2D eigenvalue weighted by atomic mass is 16.3. The Morgan fingerprint density at radius 1 is 1.06 bits per heavy atom. The van der Waals surface area contributed by atoms with Gasteiger partial charge >= 0.3 is 0 Å². The van der Waals surface area contributed by atoms with Crippen molar-refractivity contribution in [1.29, 1.82) is 0 Å². The van der Waals surface area contributed by atoms with Crippen molar-refractivity contribution in [1.82, 2.24) is 0 Å². The summed E-state index contributed by atoms with van der Waals surface area (Å²) in [5.41, 5.74) is 2.54. The molecule has 0 saturated heterocycles. The molecule has 1 aromatic heterocycles. The Labute approximate surface area is 103 Å². The van der Waals surface area contributed by atoms with Crippen molar-refractivity contribution in [2.24, 2.45) is 0 Å². The molecular weight excluding hydrogens is 208 g/mol. The van der Waals surface area contributed by atoms with Crippen molar-refractivity contribution in [2.75, 3.05) is 0 Å². The van der Waals surface area contributed by atoms with E-state index >= 15 is 0 Å². The molecule has 0 spiro atoms. The molecule has 2 rings (SSSR count). The first-order chi connectivity index (χ1) is 8.31. The van der Waals surface area contributed by atoms with Crippen molar-refractivity contribution in [3.8, 4) is 11.3 Å². The van der Waals surface area contributed by atoms with E-state index in [2.05, 4.69) is 37.3 Å². The summed E-state index contributed by atoms with van der Waals surface area (Å²) >= 11 is 0. The van der Waals surface area contributed by atoms with E-state index in [0.29, 0.717) is 0 Å². The number of rotatable bonds is 5. The molecule has 2 aromatic rings. The Balaban J connectivity index is 2.22. The lowest BCUT2D eigenvalue weighted by atomic mass is 10.0. The third-order valence-corrected chi connectivity index (χ3v) is 3.02. The monoisotopic (exact) mass is 228 g/mol. The predicted molar refractivity (Wildman–Crippen MR) is 72.1 cm³/mol. The van der Waals surface area contributed by atoms with Gasteiger partial charge in [-0.05, 0) is 31.4 Å². The van der Waals surface area contributed by atoms with Gasteiger partial charge in [-0.1, -0.05) is 50.1 Å². The summed E-state index contributed by atoms with van der Waals surface area (Å²) in [6.07, 6.45) is 4.92. The quantitative estimate of drug-likeness (QED) is 0.657. The first-order valence-electron chi connectivity index (χ1n) is 6.46. The van der Waals surface area contributed by atoms with E-state index in [4.69, 9.17) is 4.42 Å². The lowest BCUT2D eigenvalue weighted by Crippen LogP contribution is -1.86. The zero-order chi connectivity index (χ0) is 12.1. The zero-order valence-corrected chi connectivity index (χ0v) is 10.7. The van der Waals surface area contributed by atoms with Gasteiger partial charge in [0.05, 0.1) is 0 Å². The highest BCUT2D eigenvalue weighted by Crippen LogP contribution is 2.28. The fraction of sp³-hybridized carbons (Fsp3) is 0.375. The van der Waals surface area contributed by atoms with Crippen LogP contribution in [0.3, 0.4) is 0 Å². The Hall–Kier alpha value is -1.50. The van der Waals surface area contributed by atoms with Crippen LogP contribution in [0.5, 0.6) is 0 Å². The molecule has 0 bridgehead atoms. The molecule has 1 aromatic carbocycles. The van der Waals surface area contributed by atoms with Gasteiger partial charge in [-0.15, -0.1) is 0 Å². The van der Waals surface area contributed by atoms with E-state index in [9.17, 15) is 0 Å². The molecule has 0 aliphatic rings. The van der Waals surface area contributed by atoms with E-state index in [-0.39, 0.29) is 0 Å². The summed E-state index contributed by atoms with van der Waals surface area (Å²) in [5, 5.41) is 0. The summed E-state index contributed by atoms with van der Waals surface area (Å²) in [6, 6.07) is 12.6. The largest absolute Gasteiger partial charge is 0.461 e. The maximum Gasteiger partial charge on any atom is 0.137 e. The summed E-state index contributed by atoms with van der Waals surface area (Å²) in [4.78, 5) is 0. The summed E-state index contributed by atoms with van der Waals surface area (Å²) < 4.78 is 5.83. The lowest BCUT2D eigenvalue weighted by Gasteiger charge is -2.02. The van der Waals surface area contributed by atoms with Crippen LogP contribution in [-0.2, 0) is 6.42 Å². The van der Waals surface area contributed by atoms with E-state index in [1.807, 2.05) is 13.0 Å². The second kappa shape index (κ2) is 5.72. The summed E-state index contributed by atoms with van der Waals surface area (Å²) in [6.45, 7) is 4.26. The number of benzene rings is 1. The molecule has 0 fully saturated rings. The second-order valence-corrected chi connectivity index (χ2v) is 4.53. The molecule has 0 unspecified atom stereocenters. The van der Waals surface area contributed by atoms with Crippen LogP contribution in [0.15, 0.2) is 40.8 Å². The standard InChI is InChI=1S/C16H20O/c1-3-4-6-11-15-12-13(2)17-16(15)14-9-7-5-8-10-14/h5,7-10,12H,3-4,6,11H2,1-2H3. The molecule has 1 nitrogen and oxygen atoms in total. The topological polar surface area (TPSA) is 13.1 Å². The fourth-order valence-electron chi connectivity index (χ4n) is 2.15. The Morgan fingerprint density at radius 2 is 1.82 bits per heavy atom. The molecule has 0 aliphatic heterocycles. The number of hydrogen-bond donors (Lipinski definition) is 0. The van der Waals surface area contributed by atoms with E-state index in [1.165, 1.54) is 30.4 Å². The third-order valence-electron chi connectivity index (χ3n) is 3.02. The molecule has 90 valence electrons. The second-order valence-electron chi connectivity index (χ2n) is 4.53. The average molecular weight is 228 g/mol. The number of aryl methyl sites for hydroxylation is 2. The highest BCUT2D eigenvalue weighted by Gasteiger charge is 2.10. The van der Waals surface area contributed by atoms with Crippen LogP contribution >= 0.6 is 0 Å². The van der Waals surface area contributed by atoms with Gasteiger partial charge in [0, 0.05) is 5.56 Å². The molecule has 0 amide bonds. The molecule has 0 atom stereocenters. The molecular formula is C16H20O. The van der Waals surface area contributed by atoms with Gasteiger partial charge in [-0.3, -0.25) is 0 Å². The van der Waals surface area contributed by atoms with Crippen LogP contribution in [0.25, 0.3) is 11.3 Å². The Bertz CT molecular complexity index is 454. The Morgan fingerprint density at radius 3 is 2.53 bits per heavy atom. The van der Waals surface area contributed by atoms with Crippen LogP contribution in [0.2, 0.25) is 0 Å². The maximum atomic E-state index is 5.83. The van der Waals surface area contributed by atoms with Crippen molar-refractivity contribution in [3.63, 3.8) is 0 Å². The third kappa shape index (κ3) is 3.00. The molecule has 0 aliphatic carbocycles. The molecule has 0 N–H and O–H groups in total. The number of hydrogen-bond acceptors (Lipinski definition) is 1. The minimum atomic E-state index is 1.01. The van der Waals surface area contributed by atoms with E-state index in [0.717, 1.165) is 17.9 Å². The average Bonchev–Trinajstić information content (AvgIpc) is 2.72. The first kappa shape index (κ1) is 12.0. The van der Waals surface area contributed by atoms with Crippen molar-refractivity contribution < 1.29 is 4.42 Å². The van der Waals surface area contributed by atoms with Crippen LogP contribution in [0.4, 0.5) is 0 Å². The zero-order valence-electron chi connectivity index (χ0n) is 10.7. The van der Waals surface area contributed by atoms with E-state index in [1.54, 1.807) is 0 Å². The van der Waals surface area contributed by atoms with Crippen molar-refractivity contribution >= 4 is 0 Å². The fourth-order valence-corrected chi connectivity index (χ4v) is 2.15. The normalized spacial score (nSPS) is 10.7. The lowest BCUT2D eigenvalue weighted by molar-refractivity contribution is 0.545. The number of furan rings is 1. The Kier molecular flexibility index (Phi) is 4.03. The number of unbranched alkanes of at least 4 members (excludes halogenated alkanes) is 2. The smallest absolute Gasteiger partial charge is 0.137 e. The predicted octanol–water partition coefficient (Wildman–Crippen LogP) is 4.99. The van der Waals surface area contributed by atoms with Crippen LogP contribution in [-0.4, -0.2) is 0 Å². The SMILES string of the molecule is CCCCCc1cc(C)oc1-c1ccccc1. The molecule has 1 heterocycles. The first-order valence-corrected chi connectivity index (χ1v) is 6.46. The van der Waals surface area contributed by atoms with Crippen molar-refractivity contribution in [2.45, 2.75) is 39.5 Å².